The van der Waals surface area contributed by atoms with E-state index in [0.29, 0.717) is 28.9 Å². The Labute approximate surface area is 142 Å². The highest BCUT2D eigenvalue weighted by Gasteiger charge is 2.09. The SMILES string of the molecule is CCOc1cc(CNc2ccc(Br)c(Cl)c2Cl)ccc1O. The molecule has 0 unspecified atom stereocenters. The van der Waals surface area contributed by atoms with Crippen molar-refractivity contribution < 1.29 is 9.84 Å². The van der Waals surface area contributed by atoms with E-state index in [0.717, 1.165) is 15.7 Å². The summed E-state index contributed by atoms with van der Waals surface area (Å²) in [7, 11) is 0. The molecular formula is C15H14BrCl2NO2. The molecule has 0 radical (unpaired) electrons. The van der Waals surface area contributed by atoms with Crippen LogP contribution in [0, 0.1) is 0 Å². The van der Waals surface area contributed by atoms with Crippen molar-refractivity contribution in [2.45, 2.75) is 13.5 Å². The summed E-state index contributed by atoms with van der Waals surface area (Å²) in [5, 5.41) is 13.8. The standard InChI is InChI=1S/C15H14BrCl2NO2/c1-2-21-13-7-9(3-6-12(13)20)8-19-11-5-4-10(16)14(17)15(11)18/h3-7,19-20H,2,8H2,1H3. The van der Waals surface area contributed by atoms with Crippen molar-refractivity contribution in [3.05, 3.63) is 50.4 Å². The van der Waals surface area contributed by atoms with Gasteiger partial charge in [0.25, 0.3) is 0 Å². The summed E-state index contributed by atoms with van der Waals surface area (Å²) < 4.78 is 6.11. The number of aromatic hydroxyl groups is 1. The molecule has 3 nitrogen and oxygen atoms in total. The molecule has 0 atom stereocenters. The number of benzene rings is 2. The second-order valence-electron chi connectivity index (χ2n) is 4.31. The molecule has 21 heavy (non-hydrogen) atoms. The largest absolute Gasteiger partial charge is 0.504 e. The molecule has 0 aromatic heterocycles. The molecule has 0 fully saturated rings. The molecule has 2 aromatic carbocycles. The maximum atomic E-state index is 9.67. The van der Waals surface area contributed by atoms with Crippen LogP contribution in [0.2, 0.25) is 10.0 Å². The maximum Gasteiger partial charge on any atom is 0.161 e. The second-order valence-corrected chi connectivity index (χ2v) is 5.92. The van der Waals surface area contributed by atoms with Crippen molar-refractivity contribution in [3.8, 4) is 11.5 Å². The molecule has 0 amide bonds. The smallest absolute Gasteiger partial charge is 0.161 e. The van der Waals surface area contributed by atoms with E-state index in [4.69, 9.17) is 27.9 Å². The topological polar surface area (TPSA) is 41.5 Å². The molecule has 2 rings (SSSR count). The normalized spacial score (nSPS) is 10.5. The Balaban J connectivity index is 2.13. The Kier molecular flexibility index (Phi) is 5.62. The van der Waals surface area contributed by atoms with Crippen LogP contribution in [0.1, 0.15) is 12.5 Å². The van der Waals surface area contributed by atoms with Crippen molar-refractivity contribution in [1.82, 2.24) is 0 Å². The maximum absolute atomic E-state index is 9.67. The van der Waals surface area contributed by atoms with Gasteiger partial charge in [0.2, 0.25) is 0 Å². The number of nitrogens with one attached hydrogen (secondary N) is 1. The Bertz CT molecular complexity index is 650. The Hall–Kier alpha value is -1.10. The summed E-state index contributed by atoms with van der Waals surface area (Å²) in [6.45, 7) is 2.91. The van der Waals surface area contributed by atoms with Gasteiger partial charge in [0.1, 0.15) is 0 Å². The fraction of sp³-hybridized carbons (Fsp3) is 0.200. The number of hydrogen-bond acceptors (Lipinski definition) is 3. The van der Waals surface area contributed by atoms with E-state index < -0.39 is 0 Å². The summed E-state index contributed by atoms with van der Waals surface area (Å²) >= 11 is 15.6. The van der Waals surface area contributed by atoms with Crippen LogP contribution in [0.4, 0.5) is 5.69 Å². The van der Waals surface area contributed by atoms with Crippen LogP contribution in [-0.4, -0.2) is 11.7 Å². The summed E-state index contributed by atoms with van der Waals surface area (Å²) in [6, 6.07) is 8.90. The number of hydrogen-bond donors (Lipinski definition) is 2. The zero-order valence-electron chi connectivity index (χ0n) is 11.3. The summed E-state index contributed by atoms with van der Waals surface area (Å²) in [5.41, 5.74) is 1.71. The van der Waals surface area contributed by atoms with Crippen LogP contribution >= 0.6 is 39.1 Å². The lowest BCUT2D eigenvalue weighted by Gasteiger charge is -2.12. The van der Waals surface area contributed by atoms with Crippen LogP contribution in [0.25, 0.3) is 0 Å². The fourth-order valence-electron chi connectivity index (χ4n) is 1.80. The monoisotopic (exact) mass is 389 g/mol. The quantitative estimate of drug-likeness (QED) is 0.664. The Morgan fingerprint density at radius 3 is 2.67 bits per heavy atom. The molecule has 0 saturated carbocycles. The predicted octanol–water partition coefficient (Wildman–Crippen LogP) is 5.47. The zero-order valence-corrected chi connectivity index (χ0v) is 14.4. The van der Waals surface area contributed by atoms with E-state index >= 15 is 0 Å². The van der Waals surface area contributed by atoms with E-state index in [-0.39, 0.29) is 5.75 Å². The van der Waals surface area contributed by atoms with E-state index in [9.17, 15) is 5.11 Å². The number of phenolic OH excluding ortho intramolecular Hbond substituents is 1. The molecule has 0 aliphatic heterocycles. The summed E-state index contributed by atoms with van der Waals surface area (Å²) in [6.07, 6.45) is 0. The first-order valence-corrected chi connectivity index (χ1v) is 7.90. The van der Waals surface area contributed by atoms with Gasteiger partial charge in [-0.25, -0.2) is 0 Å². The van der Waals surface area contributed by atoms with Crippen molar-refractivity contribution in [2.75, 3.05) is 11.9 Å². The lowest BCUT2D eigenvalue weighted by Crippen LogP contribution is -2.01. The van der Waals surface area contributed by atoms with Crippen LogP contribution in [0.15, 0.2) is 34.8 Å². The van der Waals surface area contributed by atoms with Crippen LogP contribution < -0.4 is 10.1 Å². The molecule has 0 spiro atoms. The van der Waals surface area contributed by atoms with Gasteiger partial charge in [-0.1, -0.05) is 29.3 Å². The van der Waals surface area contributed by atoms with Crippen molar-refractivity contribution in [2.24, 2.45) is 0 Å². The first-order valence-electron chi connectivity index (χ1n) is 6.35. The highest BCUT2D eigenvalue weighted by atomic mass is 79.9. The van der Waals surface area contributed by atoms with E-state index in [1.54, 1.807) is 12.1 Å². The minimum absolute atomic E-state index is 0.130. The molecule has 0 heterocycles. The lowest BCUT2D eigenvalue weighted by molar-refractivity contribution is 0.318. The van der Waals surface area contributed by atoms with Gasteiger partial charge in [0, 0.05) is 11.0 Å². The first-order chi connectivity index (χ1) is 10.0. The summed E-state index contributed by atoms with van der Waals surface area (Å²) in [5.74, 6) is 0.599. The molecule has 2 N–H and O–H groups in total. The molecule has 2 aromatic rings. The lowest BCUT2D eigenvalue weighted by atomic mass is 10.2. The summed E-state index contributed by atoms with van der Waals surface area (Å²) in [4.78, 5) is 0. The van der Waals surface area contributed by atoms with Crippen molar-refractivity contribution in [3.63, 3.8) is 0 Å². The number of ether oxygens (including phenoxy) is 1. The molecule has 0 aliphatic carbocycles. The van der Waals surface area contributed by atoms with Crippen molar-refractivity contribution >= 4 is 44.8 Å². The number of rotatable bonds is 5. The first kappa shape index (κ1) is 16.3. The molecule has 6 heteroatoms. The molecule has 112 valence electrons. The minimum Gasteiger partial charge on any atom is -0.504 e. The number of anilines is 1. The van der Waals surface area contributed by atoms with Gasteiger partial charge in [0.15, 0.2) is 11.5 Å². The van der Waals surface area contributed by atoms with Crippen molar-refractivity contribution in [1.29, 1.82) is 0 Å². The van der Waals surface area contributed by atoms with E-state index in [1.165, 1.54) is 0 Å². The van der Waals surface area contributed by atoms with Gasteiger partial charge in [-0.2, -0.15) is 0 Å². The highest BCUT2D eigenvalue weighted by molar-refractivity contribution is 9.10. The van der Waals surface area contributed by atoms with Crippen LogP contribution in [-0.2, 0) is 6.54 Å². The van der Waals surface area contributed by atoms with Gasteiger partial charge in [0.05, 0.1) is 22.3 Å². The van der Waals surface area contributed by atoms with E-state index in [1.807, 2.05) is 25.1 Å². The minimum atomic E-state index is 0.130. The molecule has 0 saturated heterocycles. The third kappa shape index (κ3) is 3.96. The Morgan fingerprint density at radius 1 is 1.19 bits per heavy atom. The Morgan fingerprint density at radius 2 is 1.95 bits per heavy atom. The average molecular weight is 391 g/mol. The van der Waals surface area contributed by atoms with Crippen LogP contribution in [0.3, 0.4) is 0 Å². The second kappa shape index (κ2) is 7.25. The van der Waals surface area contributed by atoms with Gasteiger partial charge in [-0.15, -0.1) is 0 Å². The van der Waals surface area contributed by atoms with Gasteiger partial charge < -0.3 is 15.2 Å². The molecule has 0 bridgehead atoms. The van der Waals surface area contributed by atoms with Gasteiger partial charge >= 0.3 is 0 Å². The average Bonchev–Trinajstić information content (AvgIpc) is 2.47. The third-order valence-electron chi connectivity index (χ3n) is 2.84. The number of phenols is 1. The third-order valence-corrected chi connectivity index (χ3v) is 4.61. The number of halogens is 3. The molecular weight excluding hydrogens is 377 g/mol. The van der Waals surface area contributed by atoms with Gasteiger partial charge in [-0.3, -0.25) is 0 Å². The molecule has 0 aliphatic rings. The van der Waals surface area contributed by atoms with E-state index in [2.05, 4.69) is 21.2 Å². The fourth-order valence-corrected chi connectivity index (χ4v) is 2.64. The van der Waals surface area contributed by atoms with Gasteiger partial charge in [-0.05, 0) is 52.7 Å². The van der Waals surface area contributed by atoms with Crippen LogP contribution in [0.5, 0.6) is 11.5 Å². The highest BCUT2D eigenvalue weighted by Crippen LogP contribution is 2.36. The zero-order chi connectivity index (χ0) is 15.4. The predicted molar refractivity (Wildman–Crippen MR) is 90.8 cm³/mol.